The topological polar surface area (TPSA) is 111 Å². The number of thiocarbonyl (C=S) groups is 1. The summed E-state index contributed by atoms with van der Waals surface area (Å²) in [4.78, 5) is 32.7. The van der Waals surface area contributed by atoms with E-state index < -0.39 is 16.8 Å². The molecule has 0 aliphatic heterocycles. The molecule has 0 atom stereocenters. The highest BCUT2D eigenvalue weighted by atomic mass is 79.9. The molecule has 23 heavy (non-hydrogen) atoms. The van der Waals surface area contributed by atoms with Crippen molar-refractivity contribution in [2.24, 2.45) is 0 Å². The molecular formula is C13H12BrN3O5S. The lowest BCUT2D eigenvalue weighted by Crippen LogP contribution is -2.33. The van der Waals surface area contributed by atoms with Gasteiger partial charge in [-0.3, -0.25) is 20.2 Å². The van der Waals surface area contributed by atoms with E-state index in [0.717, 1.165) is 12.2 Å². The van der Waals surface area contributed by atoms with Crippen molar-refractivity contribution in [2.45, 2.75) is 6.92 Å². The summed E-state index contributed by atoms with van der Waals surface area (Å²) in [5.74, 6) is -1.26. The van der Waals surface area contributed by atoms with E-state index in [0.29, 0.717) is 10.2 Å². The Kier molecular flexibility index (Phi) is 7.29. The number of carbonyl (C=O) groups is 2. The maximum absolute atomic E-state index is 11.5. The zero-order valence-corrected chi connectivity index (χ0v) is 14.3. The maximum atomic E-state index is 11.5. The van der Waals surface area contributed by atoms with Gasteiger partial charge in [0.1, 0.15) is 0 Å². The standard InChI is InChI=1S/C13H12BrN3O5S/c1-2-22-12(19)6-5-11(18)16-13(23)15-10-4-3-8(17(20)21)7-9(10)14/h3-7H,2H2,1H3,(H2,15,16,18,23)/b6-5+. The molecule has 10 heteroatoms. The number of halogens is 1. The molecular weight excluding hydrogens is 390 g/mol. The van der Waals surface area contributed by atoms with Crippen LogP contribution in [0.2, 0.25) is 0 Å². The second-order valence-electron chi connectivity index (χ2n) is 3.95. The van der Waals surface area contributed by atoms with E-state index in [4.69, 9.17) is 12.2 Å². The van der Waals surface area contributed by atoms with Gasteiger partial charge in [0.05, 0.1) is 17.2 Å². The summed E-state index contributed by atoms with van der Waals surface area (Å²) < 4.78 is 5.03. The van der Waals surface area contributed by atoms with Crippen molar-refractivity contribution in [1.29, 1.82) is 0 Å². The fourth-order valence-electron chi connectivity index (χ4n) is 1.36. The van der Waals surface area contributed by atoms with E-state index in [1.165, 1.54) is 18.2 Å². The second kappa shape index (κ2) is 8.96. The van der Waals surface area contributed by atoms with Gasteiger partial charge in [0.2, 0.25) is 5.91 Å². The predicted molar refractivity (Wildman–Crippen MR) is 90.9 cm³/mol. The Hall–Kier alpha value is -2.33. The lowest BCUT2D eigenvalue weighted by molar-refractivity contribution is -0.384. The van der Waals surface area contributed by atoms with Crippen LogP contribution >= 0.6 is 28.1 Å². The number of benzene rings is 1. The van der Waals surface area contributed by atoms with Gasteiger partial charge < -0.3 is 10.1 Å². The van der Waals surface area contributed by atoms with Gasteiger partial charge in [-0.15, -0.1) is 0 Å². The molecule has 0 saturated heterocycles. The van der Waals surface area contributed by atoms with Crippen LogP contribution in [0.3, 0.4) is 0 Å². The van der Waals surface area contributed by atoms with E-state index in [1.54, 1.807) is 6.92 Å². The fraction of sp³-hybridized carbons (Fsp3) is 0.154. The molecule has 0 unspecified atom stereocenters. The summed E-state index contributed by atoms with van der Waals surface area (Å²) in [7, 11) is 0. The molecule has 122 valence electrons. The van der Waals surface area contributed by atoms with Crippen LogP contribution < -0.4 is 10.6 Å². The van der Waals surface area contributed by atoms with Gasteiger partial charge in [-0.05, 0) is 41.1 Å². The molecule has 2 N–H and O–H groups in total. The van der Waals surface area contributed by atoms with Crippen molar-refractivity contribution in [1.82, 2.24) is 5.32 Å². The van der Waals surface area contributed by atoms with E-state index in [-0.39, 0.29) is 17.4 Å². The fourth-order valence-corrected chi connectivity index (χ4v) is 2.04. The van der Waals surface area contributed by atoms with Crippen molar-refractivity contribution in [2.75, 3.05) is 11.9 Å². The minimum Gasteiger partial charge on any atom is -0.463 e. The van der Waals surface area contributed by atoms with Crippen molar-refractivity contribution in [3.8, 4) is 0 Å². The molecule has 0 spiro atoms. The quantitative estimate of drug-likeness (QED) is 0.256. The number of carbonyl (C=O) groups excluding carboxylic acids is 2. The Bertz CT molecular complexity index is 678. The molecule has 8 nitrogen and oxygen atoms in total. The molecule has 0 heterocycles. The first kappa shape index (κ1) is 18.7. The largest absolute Gasteiger partial charge is 0.463 e. The Morgan fingerprint density at radius 3 is 2.70 bits per heavy atom. The number of nitro benzene ring substituents is 1. The number of non-ortho nitro benzene ring substituents is 1. The molecule has 0 saturated carbocycles. The van der Waals surface area contributed by atoms with Crippen molar-refractivity contribution in [3.05, 3.63) is 44.9 Å². The normalized spacial score (nSPS) is 10.2. The number of hydrogen-bond donors (Lipinski definition) is 2. The van der Waals surface area contributed by atoms with Crippen LogP contribution in [0, 0.1) is 10.1 Å². The third-order valence-electron chi connectivity index (χ3n) is 2.31. The lowest BCUT2D eigenvalue weighted by atomic mass is 10.3. The second-order valence-corrected chi connectivity index (χ2v) is 5.21. The summed E-state index contributed by atoms with van der Waals surface area (Å²) in [5.41, 5.74) is 0.352. The Morgan fingerprint density at radius 2 is 2.13 bits per heavy atom. The van der Waals surface area contributed by atoms with Crippen molar-refractivity contribution >= 4 is 56.5 Å². The molecule has 0 fully saturated rings. The number of esters is 1. The Morgan fingerprint density at radius 1 is 1.43 bits per heavy atom. The third-order valence-corrected chi connectivity index (χ3v) is 3.17. The lowest BCUT2D eigenvalue weighted by Gasteiger charge is -2.09. The molecule has 1 amide bonds. The highest BCUT2D eigenvalue weighted by Crippen LogP contribution is 2.26. The summed E-state index contributed by atoms with van der Waals surface area (Å²) in [6.07, 6.45) is 1.96. The minimum atomic E-state index is -0.639. The third kappa shape index (κ3) is 6.53. The maximum Gasteiger partial charge on any atom is 0.330 e. The first-order chi connectivity index (χ1) is 10.8. The molecule has 1 rings (SSSR count). The predicted octanol–water partition coefficient (Wildman–Crippen LogP) is 2.29. The van der Waals surface area contributed by atoms with E-state index >= 15 is 0 Å². The summed E-state index contributed by atoms with van der Waals surface area (Å²) in [6.45, 7) is 1.85. The first-order valence-electron chi connectivity index (χ1n) is 6.24. The zero-order chi connectivity index (χ0) is 17.4. The van der Waals surface area contributed by atoms with Crippen molar-refractivity contribution < 1.29 is 19.2 Å². The van der Waals surface area contributed by atoms with Gasteiger partial charge in [-0.25, -0.2) is 4.79 Å². The van der Waals surface area contributed by atoms with Gasteiger partial charge in [0, 0.05) is 28.8 Å². The van der Waals surface area contributed by atoms with E-state index in [2.05, 4.69) is 31.3 Å². The first-order valence-corrected chi connectivity index (χ1v) is 7.44. The monoisotopic (exact) mass is 401 g/mol. The molecule has 0 aliphatic rings. The summed E-state index contributed by atoms with van der Waals surface area (Å²) >= 11 is 8.10. The highest BCUT2D eigenvalue weighted by Gasteiger charge is 2.10. The number of ether oxygens (including phenoxy) is 1. The highest BCUT2D eigenvalue weighted by molar-refractivity contribution is 9.10. The van der Waals surface area contributed by atoms with Gasteiger partial charge >= 0.3 is 5.97 Å². The van der Waals surface area contributed by atoms with Gasteiger partial charge in [-0.2, -0.15) is 0 Å². The van der Waals surface area contributed by atoms with Crippen LogP contribution in [0.5, 0.6) is 0 Å². The molecule has 1 aromatic carbocycles. The molecule has 0 aliphatic carbocycles. The Balaban J connectivity index is 2.61. The zero-order valence-electron chi connectivity index (χ0n) is 11.9. The Labute approximate surface area is 145 Å². The number of nitrogens with zero attached hydrogens (tertiary/aromatic N) is 1. The average molecular weight is 402 g/mol. The van der Waals surface area contributed by atoms with Crippen LogP contribution in [-0.4, -0.2) is 28.5 Å². The SMILES string of the molecule is CCOC(=O)/C=C/C(=O)NC(=S)Nc1ccc([N+](=O)[O-])cc1Br. The van der Waals surface area contributed by atoms with Crippen LogP contribution in [0.1, 0.15) is 6.92 Å². The minimum absolute atomic E-state index is 0.0296. The van der Waals surface area contributed by atoms with Crippen LogP contribution in [0.25, 0.3) is 0 Å². The number of anilines is 1. The number of nitro groups is 1. The number of amides is 1. The number of hydrogen-bond acceptors (Lipinski definition) is 6. The van der Waals surface area contributed by atoms with E-state index in [1.807, 2.05) is 0 Å². The summed E-state index contributed by atoms with van der Waals surface area (Å²) in [6, 6.07) is 4.03. The average Bonchev–Trinajstić information content (AvgIpc) is 2.47. The molecule has 0 radical (unpaired) electrons. The molecule has 1 aromatic rings. The van der Waals surface area contributed by atoms with Gasteiger partial charge in [-0.1, -0.05) is 0 Å². The smallest absolute Gasteiger partial charge is 0.330 e. The molecule has 0 aromatic heterocycles. The van der Waals surface area contributed by atoms with Gasteiger partial charge in [0.15, 0.2) is 5.11 Å². The summed E-state index contributed by atoms with van der Waals surface area (Å²) in [5, 5.41) is 15.6. The van der Waals surface area contributed by atoms with Crippen LogP contribution in [0.4, 0.5) is 11.4 Å². The van der Waals surface area contributed by atoms with Crippen molar-refractivity contribution in [3.63, 3.8) is 0 Å². The van der Waals surface area contributed by atoms with Crippen LogP contribution in [0.15, 0.2) is 34.8 Å². The number of nitrogens with one attached hydrogen (secondary N) is 2. The van der Waals surface area contributed by atoms with Crippen LogP contribution in [-0.2, 0) is 14.3 Å². The number of rotatable bonds is 5. The van der Waals surface area contributed by atoms with E-state index in [9.17, 15) is 19.7 Å². The van der Waals surface area contributed by atoms with Gasteiger partial charge in [0.25, 0.3) is 5.69 Å². The molecule has 0 bridgehead atoms.